The molecule has 0 aliphatic carbocycles. The maximum Gasteiger partial charge on any atom is 0.348 e. The SMILES string of the molecule is COC1(c2ccccc2)Cc2ccccc2OC1=O. The van der Waals surface area contributed by atoms with Gasteiger partial charge in [-0.1, -0.05) is 48.5 Å². The number of rotatable bonds is 2. The predicted octanol–water partition coefficient (Wildman–Crippen LogP) is 2.69. The minimum absolute atomic E-state index is 0.361. The summed E-state index contributed by atoms with van der Waals surface area (Å²) in [5.74, 6) is 0.260. The molecule has 0 saturated carbocycles. The second kappa shape index (κ2) is 4.52. The van der Waals surface area contributed by atoms with E-state index in [0.717, 1.165) is 11.1 Å². The second-order valence-electron chi connectivity index (χ2n) is 4.57. The second-order valence-corrected chi connectivity index (χ2v) is 4.57. The number of fused-ring (bicyclic) bond motifs is 1. The Hall–Kier alpha value is -2.13. The lowest BCUT2D eigenvalue weighted by atomic mass is 9.85. The van der Waals surface area contributed by atoms with E-state index in [9.17, 15) is 4.79 Å². The Morgan fingerprint density at radius 3 is 2.47 bits per heavy atom. The average molecular weight is 254 g/mol. The third-order valence-electron chi connectivity index (χ3n) is 3.53. The average Bonchev–Trinajstić information content (AvgIpc) is 2.47. The summed E-state index contributed by atoms with van der Waals surface area (Å²) in [4.78, 5) is 12.4. The van der Waals surface area contributed by atoms with E-state index in [4.69, 9.17) is 9.47 Å². The van der Waals surface area contributed by atoms with Crippen LogP contribution < -0.4 is 4.74 Å². The molecule has 0 amide bonds. The van der Waals surface area contributed by atoms with Crippen molar-refractivity contribution in [2.45, 2.75) is 12.0 Å². The Morgan fingerprint density at radius 2 is 1.74 bits per heavy atom. The molecule has 1 aliphatic heterocycles. The van der Waals surface area contributed by atoms with Crippen LogP contribution in [0.3, 0.4) is 0 Å². The van der Waals surface area contributed by atoms with Gasteiger partial charge in [0.05, 0.1) is 0 Å². The molecule has 1 unspecified atom stereocenters. The summed E-state index contributed by atoms with van der Waals surface area (Å²) >= 11 is 0. The lowest BCUT2D eigenvalue weighted by Crippen LogP contribution is -2.45. The van der Waals surface area contributed by atoms with E-state index >= 15 is 0 Å². The van der Waals surface area contributed by atoms with Gasteiger partial charge in [-0.3, -0.25) is 0 Å². The first-order chi connectivity index (χ1) is 9.26. The molecule has 19 heavy (non-hydrogen) atoms. The molecule has 0 spiro atoms. The van der Waals surface area contributed by atoms with Crippen LogP contribution in [0.2, 0.25) is 0 Å². The Morgan fingerprint density at radius 1 is 1.05 bits per heavy atom. The molecule has 0 fully saturated rings. The highest BCUT2D eigenvalue weighted by molar-refractivity contribution is 5.86. The molecular weight excluding hydrogens is 240 g/mol. The highest BCUT2D eigenvalue weighted by atomic mass is 16.6. The summed E-state index contributed by atoms with van der Waals surface area (Å²) in [7, 11) is 1.54. The van der Waals surface area contributed by atoms with E-state index in [1.54, 1.807) is 13.2 Å². The standard InChI is InChI=1S/C16H14O3/c1-18-16(13-8-3-2-4-9-13)11-12-7-5-6-10-14(12)19-15(16)17/h2-10H,11H2,1H3. The van der Waals surface area contributed by atoms with Crippen LogP contribution in [0.25, 0.3) is 0 Å². The van der Waals surface area contributed by atoms with E-state index in [0.29, 0.717) is 12.2 Å². The first-order valence-electron chi connectivity index (χ1n) is 6.17. The van der Waals surface area contributed by atoms with Crippen molar-refractivity contribution in [1.29, 1.82) is 0 Å². The number of hydrogen-bond acceptors (Lipinski definition) is 3. The third-order valence-corrected chi connectivity index (χ3v) is 3.53. The Kier molecular flexibility index (Phi) is 2.84. The maximum absolute atomic E-state index is 12.4. The zero-order valence-electron chi connectivity index (χ0n) is 10.6. The van der Waals surface area contributed by atoms with Crippen molar-refractivity contribution >= 4 is 5.97 Å². The van der Waals surface area contributed by atoms with Gasteiger partial charge in [-0.05, 0) is 17.2 Å². The van der Waals surface area contributed by atoms with Crippen molar-refractivity contribution in [2.75, 3.05) is 7.11 Å². The molecule has 96 valence electrons. The fourth-order valence-corrected chi connectivity index (χ4v) is 2.47. The van der Waals surface area contributed by atoms with Gasteiger partial charge in [0.1, 0.15) is 5.75 Å². The van der Waals surface area contributed by atoms with Crippen molar-refractivity contribution in [3.8, 4) is 5.75 Å². The van der Waals surface area contributed by atoms with Gasteiger partial charge in [-0.25, -0.2) is 4.79 Å². The molecule has 1 aliphatic rings. The quantitative estimate of drug-likeness (QED) is 0.610. The number of carbonyl (C=O) groups is 1. The van der Waals surface area contributed by atoms with Gasteiger partial charge in [0.25, 0.3) is 0 Å². The smallest absolute Gasteiger partial charge is 0.348 e. The molecule has 0 saturated heterocycles. The van der Waals surface area contributed by atoms with Gasteiger partial charge in [0.15, 0.2) is 5.60 Å². The number of carbonyl (C=O) groups excluding carboxylic acids is 1. The van der Waals surface area contributed by atoms with Gasteiger partial charge in [-0.15, -0.1) is 0 Å². The highest BCUT2D eigenvalue weighted by Gasteiger charge is 2.46. The van der Waals surface area contributed by atoms with Crippen LogP contribution in [-0.4, -0.2) is 13.1 Å². The number of hydrogen-bond donors (Lipinski definition) is 0. The molecule has 3 nitrogen and oxygen atoms in total. The highest BCUT2D eigenvalue weighted by Crippen LogP contribution is 2.38. The molecular formula is C16H14O3. The van der Waals surface area contributed by atoms with Gasteiger partial charge in [0, 0.05) is 13.5 Å². The summed E-state index contributed by atoms with van der Waals surface area (Å²) in [5.41, 5.74) is 0.750. The fraction of sp³-hybridized carbons (Fsp3) is 0.188. The first-order valence-corrected chi connectivity index (χ1v) is 6.17. The van der Waals surface area contributed by atoms with Crippen LogP contribution in [-0.2, 0) is 21.6 Å². The predicted molar refractivity (Wildman–Crippen MR) is 70.9 cm³/mol. The van der Waals surface area contributed by atoms with Crippen molar-refractivity contribution in [3.05, 3.63) is 65.7 Å². The number of benzene rings is 2. The third kappa shape index (κ3) is 1.83. The minimum atomic E-state index is -1.05. The summed E-state index contributed by atoms with van der Waals surface area (Å²) < 4.78 is 11.0. The summed E-state index contributed by atoms with van der Waals surface area (Å²) in [6.45, 7) is 0. The van der Waals surface area contributed by atoms with Crippen LogP contribution in [0.4, 0.5) is 0 Å². The van der Waals surface area contributed by atoms with Gasteiger partial charge in [-0.2, -0.15) is 0 Å². The molecule has 0 aromatic heterocycles. The monoisotopic (exact) mass is 254 g/mol. The first kappa shape index (κ1) is 11.9. The van der Waals surface area contributed by atoms with E-state index < -0.39 is 5.60 Å². The minimum Gasteiger partial charge on any atom is -0.424 e. The van der Waals surface area contributed by atoms with E-state index in [1.165, 1.54) is 0 Å². The largest absolute Gasteiger partial charge is 0.424 e. The van der Waals surface area contributed by atoms with Gasteiger partial charge >= 0.3 is 5.97 Å². The molecule has 2 aromatic rings. The Bertz CT molecular complexity index is 606. The van der Waals surface area contributed by atoms with Crippen LogP contribution in [0, 0.1) is 0 Å². The number of methoxy groups -OCH3 is 1. The van der Waals surface area contributed by atoms with E-state index in [2.05, 4.69) is 0 Å². The zero-order chi connectivity index (χ0) is 13.3. The van der Waals surface area contributed by atoms with Crippen LogP contribution in [0.1, 0.15) is 11.1 Å². The van der Waals surface area contributed by atoms with Crippen molar-refractivity contribution in [2.24, 2.45) is 0 Å². The van der Waals surface area contributed by atoms with E-state index in [1.807, 2.05) is 48.5 Å². The number of esters is 1. The molecule has 3 heteroatoms. The van der Waals surface area contributed by atoms with Crippen LogP contribution >= 0.6 is 0 Å². The maximum atomic E-state index is 12.4. The molecule has 1 atom stereocenters. The van der Waals surface area contributed by atoms with Crippen molar-refractivity contribution in [1.82, 2.24) is 0 Å². The molecule has 0 radical (unpaired) electrons. The molecule has 3 rings (SSSR count). The Balaban J connectivity index is 2.11. The summed E-state index contributed by atoms with van der Waals surface area (Å²) in [5, 5.41) is 0. The van der Waals surface area contributed by atoms with Crippen LogP contribution in [0.5, 0.6) is 5.75 Å². The molecule has 0 bridgehead atoms. The fourth-order valence-electron chi connectivity index (χ4n) is 2.47. The summed E-state index contributed by atoms with van der Waals surface area (Å²) in [6.07, 6.45) is 0.489. The van der Waals surface area contributed by atoms with Crippen molar-refractivity contribution < 1.29 is 14.3 Å². The topological polar surface area (TPSA) is 35.5 Å². The molecule has 2 aromatic carbocycles. The molecule has 0 N–H and O–H groups in total. The summed E-state index contributed by atoms with van der Waals surface area (Å²) in [6, 6.07) is 17.0. The van der Waals surface area contributed by atoms with Crippen molar-refractivity contribution in [3.63, 3.8) is 0 Å². The lowest BCUT2D eigenvalue weighted by molar-refractivity contribution is -0.163. The Labute approximate surface area is 111 Å². The normalized spacial score (nSPS) is 21.6. The lowest BCUT2D eigenvalue weighted by Gasteiger charge is -2.34. The molecule has 1 heterocycles. The van der Waals surface area contributed by atoms with E-state index in [-0.39, 0.29) is 5.97 Å². The number of ether oxygens (including phenoxy) is 2. The zero-order valence-corrected chi connectivity index (χ0v) is 10.6. The van der Waals surface area contributed by atoms with Crippen LogP contribution in [0.15, 0.2) is 54.6 Å². The van der Waals surface area contributed by atoms with Gasteiger partial charge in [0.2, 0.25) is 0 Å². The van der Waals surface area contributed by atoms with Gasteiger partial charge < -0.3 is 9.47 Å². The number of para-hydroxylation sites is 1.